The Morgan fingerprint density at radius 2 is 1.69 bits per heavy atom. The standard InChI is InChI=1S/C30H33NO8/c1-13(2)25(17-9-10-19(37-7)20(11-17)38-8)31-15(4)22-18(33)12-21-30(6,29(22)36)24-27(35)14(3)26(34)23(16(5)32)28(24)39-21/h9-13,25,31,34-35H,1-8H3. The van der Waals surface area contributed by atoms with E-state index in [-0.39, 0.29) is 51.5 Å². The molecule has 0 saturated heterocycles. The van der Waals surface area contributed by atoms with Crippen molar-refractivity contribution >= 4 is 17.3 Å². The fraction of sp³-hybridized carbons (Fsp3) is 0.367. The molecule has 0 aromatic heterocycles. The third-order valence-corrected chi connectivity index (χ3v) is 7.57. The molecule has 2 aromatic carbocycles. The zero-order chi connectivity index (χ0) is 29.0. The summed E-state index contributed by atoms with van der Waals surface area (Å²) in [6.07, 6.45) is 1.21. The highest BCUT2D eigenvalue weighted by atomic mass is 16.5. The predicted octanol–water partition coefficient (Wildman–Crippen LogP) is 4.57. The number of carbonyl (C=O) groups excluding carboxylic acids is 3. The maximum absolute atomic E-state index is 14.1. The van der Waals surface area contributed by atoms with Gasteiger partial charge in [0.2, 0.25) is 0 Å². The molecule has 0 radical (unpaired) electrons. The lowest BCUT2D eigenvalue weighted by Gasteiger charge is -2.31. The number of aromatic hydroxyl groups is 2. The quantitative estimate of drug-likeness (QED) is 0.265. The second-order valence-corrected chi connectivity index (χ2v) is 10.4. The van der Waals surface area contributed by atoms with Crippen molar-refractivity contribution in [2.45, 2.75) is 53.0 Å². The monoisotopic (exact) mass is 535 g/mol. The van der Waals surface area contributed by atoms with Gasteiger partial charge in [-0.25, -0.2) is 0 Å². The SMILES string of the molecule is COc1ccc(C(NC(C)=C2C(=O)C=C3Oc4c(C(C)=O)c(O)c(C)c(O)c4C3(C)C2=O)C(C)C)cc1OC. The van der Waals surface area contributed by atoms with Gasteiger partial charge < -0.3 is 29.7 Å². The third-order valence-electron chi connectivity index (χ3n) is 7.57. The number of nitrogens with one attached hydrogen (secondary N) is 1. The maximum Gasteiger partial charge on any atom is 0.194 e. The summed E-state index contributed by atoms with van der Waals surface area (Å²) >= 11 is 0. The van der Waals surface area contributed by atoms with E-state index in [1.54, 1.807) is 34.1 Å². The van der Waals surface area contributed by atoms with Crippen molar-refractivity contribution in [3.63, 3.8) is 0 Å². The van der Waals surface area contributed by atoms with Crippen molar-refractivity contribution in [3.05, 3.63) is 63.6 Å². The van der Waals surface area contributed by atoms with Gasteiger partial charge >= 0.3 is 0 Å². The van der Waals surface area contributed by atoms with Gasteiger partial charge in [-0.15, -0.1) is 0 Å². The normalized spacial score (nSPS) is 20.1. The molecule has 0 amide bonds. The summed E-state index contributed by atoms with van der Waals surface area (Å²) < 4.78 is 16.6. The number of methoxy groups -OCH3 is 2. The lowest BCUT2D eigenvalue weighted by atomic mass is 9.70. The molecule has 0 spiro atoms. The van der Waals surface area contributed by atoms with E-state index >= 15 is 0 Å². The lowest BCUT2D eigenvalue weighted by molar-refractivity contribution is -0.123. The molecule has 4 rings (SSSR count). The summed E-state index contributed by atoms with van der Waals surface area (Å²) in [7, 11) is 3.10. The fourth-order valence-corrected chi connectivity index (χ4v) is 5.35. The van der Waals surface area contributed by atoms with E-state index in [0.717, 1.165) is 5.56 Å². The maximum atomic E-state index is 14.1. The van der Waals surface area contributed by atoms with Gasteiger partial charge in [-0.05, 0) is 51.3 Å². The summed E-state index contributed by atoms with van der Waals surface area (Å²) in [4.78, 5) is 39.8. The van der Waals surface area contributed by atoms with Crippen molar-refractivity contribution in [1.82, 2.24) is 5.32 Å². The first-order chi connectivity index (χ1) is 18.3. The van der Waals surface area contributed by atoms with Gasteiger partial charge in [0.05, 0.1) is 31.4 Å². The Kier molecular flexibility index (Phi) is 6.97. The molecule has 0 saturated carbocycles. The van der Waals surface area contributed by atoms with Crippen LogP contribution in [0.3, 0.4) is 0 Å². The van der Waals surface area contributed by atoms with Crippen LogP contribution in [0.5, 0.6) is 28.7 Å². The molecule has 9 heteroatoms. The average molecular weight is 536 g/mol. The van der Waals surface area contributed by atoms with Crippen molar-refractivity contribution in [1.29, 1.82) is 0 Å². The number of carbonyl (C=O) groups is 3. The Bertz CT molecular complexity index is 1480. The Morgan fingerprint density at radius 3 is 2.26 bits per heavy atom. The summed E-state index contributed by atoms with van der Waals surface area (Å²) in [5.41, 5.74) is -0.495. The van der Waals surface area contributed by atoms with Gasteiger partial charge in [-0.3, -0.25) is 14.4 Å². The van der Waals surface area contributed by atoms with Gasteiger partial charge in [-0.2, -0.15) is 0 Å². The van der Waals surface area contributed by atoms with Crippen LogP contribution >= 0.6 is 0 Å². The second kappa shape index (κ2) is 9.80. The topological polar surface area (TPSA) is 131 Å². The van der Waals surface area contributed by atoms with E-state index in [0.29, 0.717) is 17.2 Å². The van der Waals surface area contributed by atoms with E-state index in [1.165, 1.54) is 19.9 Å². The molecular formula is C30H33NO8. The van der Waals surface area contributed by atoms with Gasteiger partial charge in [0, 0.05) is 17.3 Å². The molecule has 2 atom stereocenters. The highest BCUT2D eigenvalue weighted by Crippen LogP contribution is 2.57. The number of phenolic OH excluding ortho intramolecular Hbond substituents is 2. The Labute approximate surface area is 227 Å². The first kappa shape index (κ1) is 27.8. The van der Waals surface area contributed by atoms with Crippen LogP contribution in [-0.4, -0.2) is 41.8 Å². The molecular weight excluding hydrogens is 502 g/mol. The molecule has 2 aliphatic rings. The van der Waals surface area contributed by atoms with Crippen molar-refractivity contribution in [3.8, 4) is 28.7 Å². The zero-order valence-corrected chi connectivity index (χ0v) is 23.3. The molecule has 39 heavy (non-hydrogen) atoms. The van der Waals surface area contributed by atoms with E-state index < -0.39 is 28.5 Å². The summed E-state index contributed by atoms with van der Waals surface area (Å²) in [5, 5.41) is 24.9. The molecule has 2 unspecified atom stereocenters. The van der Waals surface area contributed by atoms with E-state index in [1.807, 2.05) is 26.0 Å². The Morgan fingerprint density at radius 1 is 1.05 bits per heavy atom. The zero-order valence-electron chi connectivity index (χ0n) is 23.3. The Hall–Kier alpha value is -4.27. The van der Waals surface area contributed by atoms with Crippen LogP contribution < -0.4 is 19.5 Å². The van der Waals surface area contributed by atoms with E-state index in [9.17, 15) is 24.6 Å². The van der Waals surface area contributed by atoms with Crippen molar-refractivity contribution in [2.24, 2.45) is 5.92 Å². The van der Waals surface area contributed by atoms with Gasteiger partial charge in [0.25, 0.3) is 0 Å². The predicted molar refractivity (Wildman–Crippen MR) is 144 cm³/mol. The molecule has 1 aliphatic heterocycles. The van der Waals surface area contributed by atoms with Crippen molar-refractivity contribution in [2.75, 3.05) is 14.2 Å². The number of ether oxygens (including phenoxy) is 3. The fourth-order valence-electron chi connectivity index (χ4n) is 5.35. The molecule has 1 heterocycles. The highest BCUT2D eigenvalue weighted by molar-refractivity contribution is 6.31. The minimum atomic E-state index is -1.58. The first-order valence-corrected chi connectivity index (χ1v) is 12.6. The largest absolute Gasteiger partial charge is 0.507 e. The van der Waals surface area contributed by atoms with Crippen LogP contribution in [0.1, 0.15) is 67.7 Å². The number of benzene rings is 2. The number of hydrogen-bond donors (Lipinski definition) is 3. The molecule has 206 valence electrons. The number of ketones is 3. The molecule has 0 bridgehead atoms. The molecule has 3 N–H and O–H groups in total. The highest BCUT2D eigenvalue weighted by Gasteiger charge is 2.56. The van der Waals surface area contributed by atoms with Gasteiger partial charge in [0.15, 0.2) is 28.8 Å². The third kappa shape index (κ3) is 4.13. The first-order valence-electron chi connectivity index (χ1n) is 12.6. The van der Waals surface area contributed by atoms with E-state index in [4.69, 9.17) is 14.2 Å². The van der Waals surface area contributed by atoms with Crippen molar-refractivity contribution < 1.29 is 38.8 Å². The van der Waals surface area contributed by atoms with Crippen LogP contribution in [0.25, 0.3) is 0 Å². The van der Waals surface area contributed by atoms with Crippen LogP contribution in [0.4, 0.5) is 0 Å². The number of hydrogen-bond acceptors (Lipinski definition) is 9. The van der Waals surface area contributed by atoms with Crippen LogP contribution in [0, 0.1) is 12.8 Å². The summed E-state index contributed by atoms with van der Waals surface area (Å²) in [6, 6.07) is 5.23. The molecule has 1 aliphatic carbocycles. The smallest absolute Gasteiger partial charge is 0.194 e. The molecule has 2 aromatic rings. The molecule has 0 fully saturated rings. The number of fused-ring (bicyclic) bond motifs is 3. The van der Waals surface area contributed by atoms with E-state index in [2.05, 4.69) is 5.32 Å². The summed E-state index contributed by atoms with van der Waals surface area (Å²) in [6.45, 7) is 9.91. The minimum Gasteiger partial charge on any atom is -0.507 e. The second-order valence-electron chi connectivity index (χ2n) is 10.4. The number of rotatable bonds is 7. The number of phenols is 2. The minimum absolute atomic E-state index is 0.00727. The Balaban J connectivity index is 1.84. The average Bonchev–Trinajstić information content (AvgIpc) is 3.17. The number of allylic oxidation sites excluding steroid dienone is 4. The van der Waals surface area contributed by atoms with Crippen LogP contribution in [0.15, 0.2) is 41.3 Å². The molecule has 9 nitrogen and oxygen atoms in total. The number of Topliss-reactive ketones (excluding diaryl/α,β-unsaturated/α-hetero) is 2. The lowest BCUT2D eigenvalue weighted by Crippen LogP contribution is -2.41. The van der Waals surface area contributed by atoms with Gasteiger partial charge in [-0.1, -0.05) is 19.9 Å². The van der Waals surface area contributed by atoms with Gasteiger partial charge in [0.1, 0.15) is 34.0 Å². The summed E-state index contributed by atoms with van der Waals surface area (Å²) in [5.74, 6) is -1.39. The van der Waals surface area contributed by atoms with Crippen LogP contribution in [0.2, 0.25) is 0 Å². The van der Waals surface area contributed by atoms with Crippen LogP contribution in [-0.2, 0) is 15.0 Å².